The summed E-state index contributed by atoms with van der Waals surface area (Å²) in [7, 11) is 0. The Kier molecular flexibility index (Phi) is 2.15. The van der Waals surface area contributed by atoms with Gasteiger partial charge in [0.15, 0.2) is 11.6 Å². The van der Waals surface area contributed by atoms with Gasteiger partial charge >= 0.3 is 0 Å². The predicted octanol–water partition coefficient (Wildman–Crippen LogP) is 0.278. The van der Waals surface area contributed by atoms with E-state index in [0.717, 1.165) is 5.56 Å². The number of hydrogen-bond donors (Lipinski definition) is 1. The minimum Gasteiger partial charge on any atom is -0.396 e. The molecule has 1 aliphatic rings. The maximum Gasteiger partial charge on any atom is 0.236 e. The van der Waals surface area contributed by atoms with Gasteiger partial charge in [-0.1, -0.05) is 0 Å². The Bertz CT molecular complexity index is 442. The lowest BCUT2D eigenvalue weighted by Gasteiger charge is -2.16. The Morgan fingerprint density at radius 3 is 2.80 bits per heavy atom. The zero-order valence-electron chi connectivity index (χ0n) is 8.36. The molecule has 0 aliphatic carbocycles. The monoisotopic (exact) mass is 205 g/mol. The van der Waals surface area contributed by atoms with E-state index in [4.69, 9.17) is 5.73 Å². The molecule has 0 bridgehead atoms. The summed E-state index contributed by atoms with van der Waals surface area (Å²) in [6.45, 7) is 1.92. The number of carbonyl (C=O) groups excluding carboxylic acids is 2. The molecule has 0 aromatic carbocycles. The number of carbonyl (C=O) groups is 2. The van der Waals surface area contributed by atoms with E-state index in [1.807, 2.05) is 6.92 Å². The van der Waals surface area contributed by atoms with Gasteiger partial charge in [-0.25, -0.2) is 4.98 Å². The van der Waals surface area contributed by atoms with Crippen LogP contribution in [0.15, 0.2) is 12.3 Å². The lowest BCUT2D eigenvalue weighted by atomic mass is 10.2. The van der Waals surface area contributed by atoms with Gasteiger partial charge in [-0.05, 0) is 18.6 Å². The number of rotatable bonds is 1. The lowest BCUT2D eigenvalue weighted by molar-refractivity contribution is -0.121. The molecule has 5 heteroatoms. The second-order valence-corrected chi connectivity index (χ2v) is 3.56. The Balaban J connectivity index is 2.42. The number of ketones is 1. The van der Waals surface area contributed by atoms with Gasteiger partial charge in [0.1, 0.15) is 0 Å². The molecule has 15 heavy (non-hydrogen) atoms. The third kappa shape index (κ3) is 1.56. The van der Waals surface area contributed by atoms with Crippen LogP contribution in [0.25, 0.3) is 0 Å². The first-order chi connectivity index (χ1) is 7.09. The van der Waals surface area contributed by atoms with Gasteiger partial charge in [-0.2, -0.15) is 0 Å². The topological polar surface area (TPSA) is 76.3 Å². The van der Waals surface area contributed by atoms with Gasteiger partial charge in [-0.15, -0.1) is 0 Å². The number of nitrogens with two attached hydrogens (primary N) is 1. The number of aromatic nitrogens is 1. The molecule has 1 aromatic heterocycles. The zero-order valence-corrected chi connectivity index (χ0v) is 8.36. The summed E-state index contributed by atoms with van der Waals surface area (Å²) >= 11 is 0. The number of anilines is 2. The van der Waals surface area contributed by atoms with Crippen LogP contribution in [-0.4, -0.2) is 23.2 Å². The fourth-order valence-corrected chi connectivity index (χ4v) is 1.55. The first-order valence-corrected chi connectivity index (χ1v) is 4.62. The average Bonchev–Trinajstić information content (AvgIpc) is 2.50. The van der Waals surface area contributed by atoms with Crippen LogP contribution in [-0.2, 0) is 9.59 Å². The fraction of sp³-hybridized carbons (Fsp3) is 0.300. The summed E-state index contributed by atoms with van der Waals surface area (Å²) in [4.78, 5) is 27.9. The maximum absolute atomic E-state index is 11.5. The van der Waals surface area contributed by atoms with Crippen molar-refractivity contribution >= 4 is 23.2 Å². The van der Waals surface area contributed by atoms with E-state index in [0.29, 0.717) is 11.5 Å². The highest BCUT2D eigenvalue weighted by molar-refractivity contribution is 6.15. The van der Waals surface area contributed by atoms with Gasteiger partial charge in [0, 0.05) is 6.20 Å². The molecule has 5 nitrogen and oxygen atoms in total. The van der Waals surface area contributed by atoms with E-state index >= 15 is 0 Å². The largest absolute Gasteiger partial charge is 0.396 e. The second-order valence-electron chi connectivity index (χ2n) is 3.56. The number of pyridine rings is 1. The molecule has 0 unspecified atom stereocenters. The van der Waals surface area contributed by atoms with Gasteiger partial charge in [0.05, 0.1) is 18.7 Å². The van der Waals surface area contributed by atoms with Crippen LogP contribution in [0, 0.1) is 6.92 Å². The lowest BCUT2D eigenvalue weighted by Crippen LogP contribution is -2.26. The first-order valence-electron chi connectivity index (χ1n) is 4.62. The summed E-state index contributed by atoms with van der Waals surface area (Å²) in [5, 5.41) is 0. The third-order valence-corrected chi connectivity index (χ3v) is 2.43. The predicted molar refractivity (Wildman–Crippen MR) is 55.4 cm³/mol. The van der Waals surface area contributed by atoms with E-state index in [9.17, 15) is 9.59 Å². The van der Waals surface area contributed by atoms with Crippen molar-refractivity contribution in [2.24, 2.45) is 0 Å². The third-order valence-electron chi connectivity index (χ3n) is 2.43. The maximum atomic E-state index is 11.5. The molecule has 1 aliphatic heterocycles. The first kappa shape index (κ1) is 9.64. The number of nitrogens with zero attached hydrogens (tertiary/aromatic N) is 2. The minimum absolute atomic E-state index is 0.0466. The van der Waals surface area contributed by atoms with Crippen molar-refractivity contribution in [3.05, 3.63) is 17.8 Å². The Labute approximate surface area is 86.9 Å². The number of nitrogen functional groups attached to an aromatic ring is 1. The minimum atomic E-state index is -0.232. The van der Waals surface area contributed by atoms with Crippen LogP contribution < -0.4 is 10.6 Å². The van der Waals surface area contributed by atoms with Crippen molar-refractivity contribution in [1.82, 2.24) is 4.98 Å². The van der Waals surface area contributed by atoms with Gasteiger partial charge in [0.2, 0.25) is 5.91 Å². The molecule has 0 radical (unpaired) electrons. The number of Topliss-reactive ketones (excluding diaryl/α,β-unsaturated/α-hetero) is 1. The quantitative estimate of drug-likeness (QED) is 0.668. The standard InChI is InChI=1S/C10H11N3O2/c1-6-2-3-12-10(9(6)11)13-5-7(14)4-8(13)15/h2-3H,4-5,11H2,1H3. The van der Waals surface area contributed by atoms with Crippen molar-refractivity contribution < 1.29 is 9.59 Å². The van der Waals surface area contributed by atoms with E-state index < -0.39 is 0 Å². The van der Waals surface area contributed by atoms with Crippen molar-refractivity contribution in [3.8, 4) is 0 Å². The van der Waals surface area contributed by atoms with E-state index in [-0.39, 0.29) is 24.7 Å². The van der Waals surface area contributed by atoms with E-state index in [1.54, 1.807) is 12.3 Å². The van der Waals surface area contributed by atoms with Crippen LogP contribution in [0.4, 0.5) is 11.5 Å². The van der Waals surface area contributed by atoms with Gasteiger partial charge < -0.3 is 5.73 Å². The van der Waals surface area contributed by atoms with E-state index in [1.165, 1.54) is 4.90 Å². The van der Waals surface area contributed by atoms with Crippen LogP contribution >= 0.6 is 0 Å². The zero-order chi connectivity index (χ0) is 11.0. The van der Waals surface area contributed by atoms with Crippen molar-refractivity contribution in [3.63, 3.8) is 0 Å². The number of amides is 1. The fourth-order valence-electron chi connectivity index (χ4n) is 1.55. The Morgan fingerprint density at radius 1 is 1.47 bits per heavy atom. The summed E-state index contributed by atoms with van der Waals surface area (Å²) in [5.74, 6) is 0.0679. The average molecular weight is 205 g/mol. The van der Waals surface area contributed by atoms with Crippen molar-refractivity contribution in [2.45, 2.75) is 13.3 Å². The Morgan fingerprint density at radius 2 is 2.20 bits per heavy atom. The Hall–Kier alpha value is -1.91. The normalized spacial score (nSPS) is 16.2. The molecule has 1 fully saturated rings. The molecule has 1 amide bonds. The van der Waals surface area contributed by atoms with E-state index in [2.05, 4.69) is 4.98 Å². The van der Waals surface area contributed by atoms with Crippen LogP contribution in [0.5, 0.6) is 0 Å². The van der Waals surface area contributed by atoms with Crippen LogP contribution in [0.1, 0.15) is 12.0 Å². The molecule has 2 N–H and O–H groups in total. The van der Waals surface area contributed by atoms with Crippen molar-refractivity contribution in [1.29, 1.82) is 0 Å². The van der Waals surface area contributed by atoms with Gasteiger partial charge in [-0.3, -0.25) is 14.5 Å². The smallest absolute Gasteiger partial charge is 0.236 e. The highest BCUT2D eigenvalue weighted by atomic mass is 16.2. The second kappa shape index (κ2) is 3.34. The molecule has 1 saturated heterocycles. The summed E-state index contributed by atoms with van der Waals surface area (Å²) in [5.41, 5.74) is 7.12. The molecular formula is C10H11N3O2. The molecule has 1 aromatic rings. The molecule has 78 valence electrons. The molecule has 0 spiro atoms. The number of aryl methyl sites for hydroxylation is 1. The van der Waals surface area contributed by atoms with Crippen LogP contribution in [0.2, 0.25) is 0 Å². The van der Waals surface area contributed by atoms with Gasteiger partial charge in [0.25, 0.3) is 0 Å². The van der Waals surface area contributed by atoms with Crippen molar-refractivity contribution in [2.75, 3.05) is 17.2 Å². The highest BCUT2D eigenvalue weighted by Gasteiger charge is 2.30. The summed E-state index contributed by atoms with van der Waals surface area (Å²) in [6.07, 6.45) is 1.53. The molecule has 2 rings (SSSR count). The molecule has 0 atom stereocenters. The molecule has 0 saturated carbocycles. The molecular weight excluding hydrogens is 194 g/mol. The molecule has 2 heterocycles. The van der Waals surface area contributed by atoms with Crippen LogP contribution in [0.3, 0.4) is 0 Å². The highest BCUT2D eigenvalue weighted by Crippen LogP contribution is 2.25. The summed E-state index contributed by atoms with van der Waals surface area (Å²) in [6, 6.07) is 1.77. The number of hydrogen-bond acceptors (Lipinski definition) is 4. The summed E-state index contributed by atoms with van der Waals surface area (Å²) < 4.78 is 0. The SMILES string of the molecule is Cc1ccnc(N2CC(=O)CC2=O)c1N.